The maximum absolute atomic E-state index is 11.8. The normalized spacial score (nSPS) is 14.5. The maximum atomic E-state index is 11.8. The van der Waals surface area contributed by atoms with Crippen molar-refractivity contribution in [3.05, 3.63) is 48.8 Å². The van der Waals surface area contributed by atoms with Crippen LogP contribution in [0.2, 0.25) is 0 Å². The molecule has 2 aromatic rings. The van der Waals surface area contributed by atoms with Gasteiger partial charge in [-0.3, -0.25) is 0 Å². The van der Waals surface area contributed by atoms with Gasteiger partial charge in [-0.15, -0.1) is 0 Å². The van der Waals surface area contributed by atoms with Crippen LogP contribution >= 0.6 is 0 Å². The van der Waals surface area contributed by atoms with Crippen LogP contribution in [0.3, 0.4) is 0 Å². The average Bonchev–Trinajstić information content (AvgIpc) is 2.44. The van der Waals surface area contributed by atoms with Gasteiger partial charge in [0.15, 0.2) is 0 Å². The molecule has 0 atom stereocenters. The number of likely N-dealkylation sites (tertiary alicyclic amines) is 1. The predicted octanol–water partition coefficient (Wildman–Crippen LogP) is 1.77. The second-order valence-corrected chi connectivity index (χ2v) is 4.50. The highest BCUT2D eigenvalue weighted by atomic mass is 16.6. The van der Waals surface area contributed by atoms with E-state index in [9.17, 15) is 4.79 Å². The van der Waals surface area contributed by atoms with Gasteiger partial charge in [0.2, 0.25) is 5.95 Å². The molecule has 1 aromatic heterocycles. The third-order valence-corrected chi connectivity index (χ3v) is 2.99. The average molecular weight is 270 g/mol. The molecular weight excluding hydrogens is 256 g/mol. The first-order chi connectivity index (χ1) is 9.81. The fraction of sp³-hybridized carbons (Fsp3) is 0.214. The number of nitrogens with zero attached hydrogens (tertiary/aromatic N) is 3. The number of carbonyl (C=O) groups is 1. The Labute approximate surface area is 116 Å². The summed E-state index contributed by atoms with van der Waals surface area (Å²) in [5.74, 6) is 1.13. The zero-order valence-electron chi connectivity index (χ0n) is 10.8. The van der Waals surface area contributed by atoms with E-state index in [0.717, 1.165) is 0 Å². The Bertz CT molecular complexity index is 570. The number of nitrogens with one attached hydrogen (secondary N) is 1. The minimum absolute atomic E-state index is 0.167. The van der Waals surface area contributed by atoms with Crippen molar-refractivity contribution in [2.45, 2.75) is 6.04 Å². The van der Waals surface area contributed by atoms with Crippen LogP contribution in [0.5, 0.6) is 5.75 Å². The number of aromatic nitrogens is 2. The number of ether oxygens (including phenoxy) is 1. The van der Waals surface area contributed by atoms with Crippen LogP contribution in [0.15, 0.2) is 48.8 Å². The number of rotatable bonds is 3. The highest BCUT2D eigenvalue weighted by molar-refractivity contribution is 5.72. The minimum atomic E-state index is -0.330. The van der Waals surface area contributed by atoms with Crippen LogP contribution in [0.1, 0.15) is 0 Å². The predicted molar refractivity (Wildman–Crippen MR) is 73.5 cm³/mol. The van der Waals surface area contributed by atoms with E-state index >= 15 is 0 Å². The highest BCUT2D eigenvalue weighted by Crippen LogP contribution is 2.16. The summed E-state index contributed by atoms with van der Waals surface area (Å²) >= 11 is 0. The third kappa shape index (κ3) is 2.85. The largest absolute Gasteiger partial charge is 0.415 e. The van der Waals surface area contributed by atoms with Crippen LogP contribution in [-0.4, -0.2) is 40.1 Å². The Balaban J connectivity index is 1.47. The summed E-state index contributed by atoms with van der Waals surface area (Å²) in [6.07, 6.45) is 3.02. The van der Waals surface area contributed by atoms with Gasteiger partial charge in [-0.05, 0) is 18.2 Å². The number of carbonyl (C=O) groups excluding carboxylic acids is 1. The topological polar surface area (TPSA) is 67.3 Å². The molecule has 2 heterocycles. The quantitative estimate of drug-likeness (QED) is 0.920. The van der Waals surface area contributed by atoms with Crippen molar-refractivity contribution in [1.29, 1.82) is 0 Å². The van der Waals surface area contributed by atoms with E-state index in [4.69, 9.17) is 4.74 Å². The summed E-state index contributed by atoms with van der Waals surface area (Å²) < 4.78 is 5.24. The van der Waals surface area contributed by atoms with E-state index in [1.54, 1.807) is 35.5 Å². The fourth-order valence-corrected chi connectivity index (χ4v) is 1.93. The molecule has 6 heteroatoms. The first-order valence-electron chi connectivity index (χ1n) is 6.36. The number of para-hydroxylation sites is 1. The molecule has 0 bridgehead atoms. The molecule has 20 heavy (non-hydrogen) atoms. The molecular formula is C14H14N4O2. The fourth-order valence-electron chi connectivity index (χ4n) is 1.93. The molecule has 1 saturated heterocycles. The van der Waals surface area contributed by atoms with Crippen molar-refractivity contribution < 1.29 is 9.53 Å². The van der Waals surface area contributed by atoms with Gasteiger partial charge in [-0.25, -0.2) is 14.8 Å². The summed E-state index contributed by atoms with van der Waals surface area (Å²) in [5.41, 5.74) is 0. The summed E-state index contributed by atoms with van der Waals surface area (Å²) in [5, 5.41) is 3.16. The first kappa shape index (κ1) is 12.4. The number of anilines is 1. The van der Waals surface area contributed by atoms with Gasteiger partial charge in [-0.2, -0.15) is 0 Å². The summed E-state index contributed by atoms with van der Waals surface area (Å²) in [6.45, 7) is 1.17. The van der Waals surface area contributed by atoms with E-state index in [1.807, 2.05) is 18.2 Å². The van der Waals surface area contributed by atoms with E-state index in [0.29, 0.717) is 24.8 Å². The van der Waals surface area contributed by atoms with Gasteiger partial charge in [0.05, 0.1) is 6.04 Å². The van der Waals surface area contributed by atoms with Crippen LogP contribution in [-0.2, 0) is 0 Å². The maximum Gasteiger partial charge on any atom is 0.415 e. The molecule has 1 aliphatic rings. The molecule has 0 saturated carbocycles. The van der Waals surface area contributed by atoms with Gasteiger partial charge < -0.3 is 15.0 Å². The van der Waals surface area contributed by atoms with Gasteiger partial charge >= 0.3 is 6.09 Å². The molecule has 1 amide bonds. The zero-order valence-corrected chi connectivity index (χ0v) is 10.8. The number of benzene rings is 1. The standard InChI is InChI=1S/C14H14N4O2/c19-14(20-12-5-2-1-3-6-12)18-9-11(10-18)17-13-15-7-4-8-16-13/h1-8,11H,9-10H2,(H,15,16,17). The molecule has 0 aliphatic carbocycles. The van der Waals surface area contributed by atoms with Gasteiger partial charge in [0.25, 0.3) is 0 Å². The lowest BCUT2D eigenvalue weighted by atomic mass is 10.1. The second kappa shape index (κ2) is 5.56. The van der Waals surface area contributed by atoms with Gasteiger partial charge in [-0.1, -0.05) is 18.2 Å². The van der Waals surface area contributed by atoms with Crippen LogP contribution in [0, 0.1) is 0 Å². The van der Waals surface area contributed by atoms with Crippen LogP contribution < -0.4 is 10.1 Å². The molecule has 1 aliphatic heterocycles. The first-order valence-corrected chi connectivity index (χ1v) is 6.36. The number of hydrogen-bond acceptors (Lipinski definition) is 5. The third-order valence-electron chi connectivity index (χ3n) is 2.99. The molecule has 102 valence electrons. The van der Waals surface area contributed by atoms with Crippen molar-refractivity contribution in [3.63, 3.8) is 0 Å². The molecule has 1 N–H and O–H groups in total. The van der Waals surface area contributed by atoms with Crippen molar-refractivity contribution in [1.82, 2.24) is 14.9 Å². The van der Waals surface area contributed by atoms with Crippen LogP contribution in [0.25, 0.3) is 0 Å². The SMILES string of the molecule is O=C(Oc1ccccc1)N1CC(Nc2ncccn2)C1. The molecule has 0 radical (unpaired) electrons. The van der Waals surface area contributed by atoms with E-state index in [-0.39, 0.29) is 12.1 Å². The monoisotopic (exact) mass is 270 g/mol. The lowest BCUT2D eigenvalue weighted by molar-refractivity contribution is 0.117. The molecule has 0 unspecified atom stereocenters. The number of hydrogen-bond donors (Lipinski definition) is 1. The lowest BCUT2D eigenvalue weighted by Crippen LogP contribution is -2.57. The second-order valence-electron chi connectivity index (χ2n) is 4.50. The summed E-state index contributed by atoms with van der Waals surface area (Å²) in [7, 11) is 0. The van der Waals surface area contributed by atoms with Crippen molar-refractivity contribution in [2.75, 3.05) is 18.4 Å². The minimum Gasteiger partial charge on any atom is -0.410 e. The summed E-state index contributed by atoms with van der Waals surface area (Å²) in [4.78, 5) is 21.6. The van der Waals surface area contributed by atoms with E-state index in [1.165, 1.54) is 0 Å². The summed E-state index contributed by atoms with van der Waals surface area (Å²) in [6, 6.07) is 11.0. The molecule has 3 rings (SSSR count). The van der Waals surface area contributed by atoms with Gasteiger partial charge in [0.1, 0.15) is 5.75 Å². The Kier molecular flexibility index (Phi) is 3.45. The Morgan fingerprint density at radius 1 is 1.15 bits per heavy atom. The van der Waals surface area contributed by atoms with Crippen molar-refractivity contribution in [2.24, 2.45) is 0 Å². The Morgan fingerprint density at radius 3 is 2.55 bits per heavy atom. The highest BCUT2D eigenvalue weighted by Gasteiger charge is 2.32. The molecule has 1 fully saturated rings. The van der Waals surface area contributed by atoms with Crippen molar-refractivity contribution in [3.8, 4) is 5.75 Å². The van der Waals surface area contributed by atoms with Gasteiger partial charge in [0, 0.05) is 25.5 Å². The van der Waals surface area contributed by atoms with E-state index in [2.05, 4.69) is 15.3 Å². The zero-order chi connectivity index (χ0) is 13.8. The molecule has 0 spiro atoms. The Hall–Kier alpha value is -2.63. The van der Waals surface area contributed by atoms with Crippen LogP contribution in [0.4, 0.5) is 10.7 Å². The smallest absolute Gasteiger partial charge is 0.410 e. The lowest BCUT2D eigenvalue weighted by Gasteiger charge is -2.38. The van der Waals surface area contributed by atoms with E-state index < -0.39 is 0 Å². The molecule has 6 nitrogen and oxygen atoms in total. The molecule has 1 aromatic carbocycles. The number of amides is 1. The van der Waals surface area contributed by atoms with Crippen molar-refractivity contribution >= 4 is 12.0 Å². The Morgan fingerprint density at radius 2 is 1.85 bits per heavy atom.